The van der Waals surface area contributed by atoms with Crippen LogP contribution in [0.1, 0.15) is 51.4 Å². The Balaban J connectivity index is 1.93. The molecule has 100 valence electrons. The second-order valence-corrected chi connectivity index (χ2v) is 7.34. The Hall–Kier alpha value is 0.500. The molecule has 4 heteroatoms. The van der Waals surface area contributed by atoms with E-state index in [1.54, 1.807) is 0 Å². The average molecular weight is 279 g/mol. The minimum Gasteiger partial charge on any atom is -0.328 e. The molecular weight excluding hydrogens is 255 g/mol. The van der Waals surface area contributed by atoms with Crippen molar-refractivity contribution in [1.29, 1.82) is 0 Å². The number of alkyl halides is 2. The predicted molar refractivity (Wildman–Crippen MR) is 74.3 cm³/mol. The third kappa shape index (κ3) is 3.28. The first-order valence-corrected chi connectivity index (χ1v) is 7.64. The molecule has 0 radical (unpaired) electrons. The van der Waals surface area contributed by atoms with Gasteiger partial charge in [0.25, 0.3) is 0 Å². The molecular formula is C13H24Cl2N2. The van der Waals surface area contributed by atoms with Gasteiger partial charge in [0.1, 0.15) is 4.33 Å². The van der Waals surface area contributed by atoms with Crippen LogP contribution < -0.4 is 11.5 Å². The van der Waals surface area contributed by atoms with Gasteiger partial charge in [-0.25, -0.2) is 0 Å². The molecule has 0 aliphatic heterocycles. The van der Waals surface area contributed by atoms with E-state index in [1.165, 1.54) is 0 Å². The Morgan fingerprint density at radius 3 is 1.24 bits per heavy atom. The standard InChI is InChI=1S/C13H24Cl2N2/c14-13(15,9-1-5-11(16)6-2-9)10-3-7-12(17)8-4-10/h9-12H,1-8,16-17H2. The molecule has 17 heavy (non-hydrogen) atoms. The zero-order chi connectivity index (χ0) is 12.5. The summed E-state index contributed by atoms with van der Waals surface area (Å²) < 4.78 is -0.555. The first-order chi connectivity index (χ1) is 8.00. The Labute approximate surface area is 114 Å². The highest BCUT2D eigenvalue weighted by Crippen LogP contribution is 2.49. The van der Waals surface area contributed by atoms with Gasteiger partial charge in [-0.1, -0.05) is 0 Å². The van der Waals surface area contributed by atoms with Gasteiger partial charge in [0.05, 0.1) is 0 Å². The van der Waals surface area contributed by atoms with Crippen molar-refractivity contribution < 1.29 is 0 Å². The van der Waals surface area contributed by atoms with Crippen LogP contribution in [-0.2, 0) is 0 Å². The summed E-state index contributed by atoms with van der Waals surface area (Å²) in [6.07, 6.45) is 8.59. The van der Waals surface area contributed by atoms with Crippen molar-refractivity contribution in [3.05, 3.63) is 0 Å². The fourth-order valence-corrected chi connectivity index (χ4v) is 4.21. The lowest BCUT2D eigenvalue weighted by molar-refractivity contribution is 0.209. The van der Waals surface area contributed by atoms with Crippen molar-refractivity contribution in [3.8, 4) is 0 Å². The molecule has 0 spiro atoms. The van der Waals surface area contributed by atoms with Crippen molar-refractivity contribution in [1.82, 2.24) is 0 Å². The summed E-state index contributed by atoms with van der Waals surface area (Å²) in [7, 11) is 0. The van der Waals surface area contributed by atoms with Gasteiger partial charge in [0.15, 0.2) is 0 Å². The first kappa shape index (κ1) is 13.9. The molecule has 2 fully saturated rings. The Bertz CT molecular complexity index is 218. The molecule has 0 amide bonds. The highest BCUT2D eigenvalue weighted by Gasteiger charge is 2.44. The quantitative estimate of drug-likeness (QED) is 0.763. The summed E-state index contributed by atoms with van der Waals surface area (Å²) in [4.78, 5) is 0. The minimum absolute atomic E-state index is 0.357. The maximum Gasteiger partial charge on any atom is 0.123 e. The molecule has 0 bridgehead atoms. The van der Waals surface area contributed by atoms with Crippen LogP contribution in [0.3, 0.4) is 0 Å². The zero-order valence-electron chi connectivity index (χ0n) is 10.4. The van der Waals surface area contributed by atoms with Gasteiger partial charge in [-0.05, 0) is 63.2 Å². The molecule has 0 aromatic heterocycles. The number of hydrogen-bond donors (Lipinski definition) is 2. The van der Waals surface area contributed by atoms with Crippen LogP contribution in [0.4, 0.5) is 0 Å². The van der Waals surface area contributed by atoms with E-state index in [0.29, 0.717) is 23.9 Å². The van der Waals surface area contributed by atoms with Crippen molar-refractivity contribution in [2.45, 2.75) is 67.8 Å². The molecule has 0 heterocycles. The third-order valence-electron chi connectivity index (χ3n) is 4.63. The van der Waals surface area contributed by atoms with E-state index >= 15 is 0 Å². The van der Waals surface area contributed by atoms with Gasteiger partial charge < -0.3 is 11.5 Å². The lowest BCUT2D eigenvalue weighted by Gasteiger charge is -2.42. The van der Waals surface area contributed by atoms with Crippen LogP contribution in [0.2, 0.25) is 0 Å². The summed E-state index contributed by atoms with van der Waals surface area (Å²) in [6, 6.07) is 0.713. The second kappa shape index (κ2) is 5.64. The number of halogens is 2. The molecule has 0 unspecified atom stereocenters. The van der Waals surface area contributed by atoms with Crippen LogP contribution in [0.25, 0.3) is 0 Å². The Kier molecular flexibility index (Phi) is 4.62. The fourth-order valence-electron chi connectivity index (χ4n) is 3.34. The summed E-state index contributed by atoms with van der Waals surface area (Å²) >= 11 is 13.3. The molecule has 0 atom stereocenters. The van der Waals surface area contributed by atoms with Gasteiger partial charge in [0, 0.05) is 12.1 Å². The smallest absolute Gasteiger partial charge is 0.123 e. The van der Waals surface area contributed by atoms with Crippen molar-refractivity contribution in [2.75, 3.05) is 0 Å². The van der Waals surface area contributed by atoms with Gasteiger partial charge in [-0.15, -0.1) is 23.2 Å². The minimum atomic E-state index is -0.555. The van der Waals surface area contributed by atoms with Crippen molar-refractivity contribution in [3.63, 3.8) is 0 Å². The largest absolute Gasteiger partial charge is 0.328 e. The van der Waals surface area contributed by atoms with E-state index in [1.807, 2.05) is 0 Å². The van der Waals surface area contributed by atoms with E-state index in [4.69, 9.17) is 34.7 Å². The second-order valence-electron chi connectivity index (χ2n) is 5.90. The van der Waals surface area contributed by atoms with Gasteiger partial charge in [-0.2, -0.15) is 0 Å². The highest BCUT2D eigenvalue weighted by atomic mass is 35.5. The van der Waals surface area contributed by atoms with Crippen LogP contribution in [-0.4, -0.2) is 16.4 Å². The number of hydrogen-bond acceptors (Lipinski definition) is 2. The van der Waals surface area contributed by atoms with Crippen LogP contribution in [0.5, 0.6) is 0 Å². The van der Waals surface area contributed by atoms with Crippen LogP contribution in [0.15, 0.2) is 0 Å². The molecule has 4 N–H and O–H groups in total. The predicted octanol–water partition coefficient (Wildman–Crippen LogP) is 3.20. The number of nitrogens with two attached hydrogens (primary N) is 2. The fraction of sp³-hybridized carbons (Fsp3) is 1.00. The molecule has 2 nitrogen and oxygen atoms in total. The zero-order valence-corrected chi connectivity index (χ0v) is 11.9. The topological polar surface area (TPSA) is 52.0 Å². The number of rotatable bonds is 2. The molecule has 2 aliphatic carbocycles. The first-order valence-electron chi connectivity index (χ1n) is 6.89. The van der Waals surface area contributed by atoms with Crippen molar-refractivity contribution in [2.24, 2.45) is 23.3 Å². The van der Waals surface area contributed by atoms with E-state index in [2.05, 4.69) is 0 Å². The normalized spacial score (nSPS) is 40.2. The molecule has 0 saturated heterocycles. The summed E-state index contributed by atoms with van der Waals surface area (Å²) in [6.45, 7) is 0. The lowest BCUT2D eigenvalue weighted by Crippen LogP contribution is -2.42. The van der Waals surface area contributed by atoms with E-state index in [0.717, 1.165) is 51.4 Å². The average Bonchev–Trinajstić information content (AvgIpc) is 2.30. The Morgan fingerprint density at radius 2 is 0.941 bits per heavy atom. The van der Waals surface area contributed by atoms with Crippen LogP contribution >= 0.6 is 23.2 Å². The molecule has 0 aromatic rings. The van der Waals surface area contributed by atoms with Crippen LogP contribution in [0, 0.1) is 11.8 Å². The van der Waals surface area contributed by atoms with Gasteiger partial charge in [-0.3, -0.25) is 0 Å². The van der Waals surface area contributed by atoms with Gasteiger partial charge >= 0.3 is 0 Å². The van der Waals surface area contributed by atoms with Crippen molar-refractivity contribution >= 4 is 23.2 Å². The molecule has 0 aromatic carbocycles. The molecule has 2 rings (SSSR count). The van der Waals surface area contributed by atoms with E-state index < -0.39 is 4.33 Å². The summed E-state index contributed by atoms with van der Waals surface area (Å²) in [5.74, 6) is 0.843. The highest BCUT2D eigenvalue weighted by molar-refractivity contribution is 6.48. The van der Waals surface area contributed by atoms with E-state index in [-0.39, 0.29) is 0 Å². The molecule has 2 aliphatic rings. The Morgan fingerprint density at radius 1 is 0.647 bits per heavy atom. The van der Waals surface area contributed by atoms with E-state index in [9.17, 15) is 0 Å². The third-order valence-corrected chi connectivity index (χ3v) is 5.87. The van der Waals surface area contributed by atoms with Gasteiger partial charge in [0.2, 0.25) is 0 Å². The monoisotopic (exact) mass is 278 g/mol. The lowest BCUT2D eigenvalue weighted by atomic mass is 9.75. The maximum atomic E-state index is 6.67. The summed E-state index contributed by atoms with van der Waals surface area (Å²) in [5.41, 5.74) is 11.9. The maximum absolute atomic E-state index is 6.67. The molecule has 2 saturated carbocycles. The summed E-state index contributed by atoms with van der Waals surface area (Å²) in [5, 5.41) is 0. The SMILES string of the molecule is NC1CCC(C(Cl)(Cl)C2CCC(N)CC2)CC1.